The fraction of sp³-hybridized carbons (Fsp3) is 0.483. The third-order valence-corrected chi connectivity index (χ3v) is 6.39. The highest BCUT2D eigenvalue weighted by atomic mass is 19.1. The number of carbonyl (C=O) groups is 1. The molecule has 0 saturated carbocycles. The van der Waals surface area contributed by atoms with Gasteiger partial charge in [0, 0.05) is 26.1 Å². The van der Waals surface area contributed by atoms with Crippen molar-refractivity contribution in [1.82, 2.24) is 14.3 Å². The van der Waals surface area contributed by atoms with E-state index in [-0.39, 0.29) is 35.3 Å². The van der Waals surface area contributed by atoms with Gasteiger partial charge in [-0.05, 0) is 58.2 Å². The topological polar surface area (TPSA) is 84.6 Å². The van der Waals surface area contributed by atoms with E-state index in [4.69, 9.17) is 14.2 Å². The summed E-state index contributed by atoms with van der Waals surface area (Å²) in [5, 5.41) is 4.37. The van der Waals surface area contributed by atoms with Crippen LogP contribution in [0.15, 0.2) is 41.2 Å². The first kappa shape index (κ1) is 29.3. The number of halogens is 1. The second kappa shape index (κ2) is 13.0. The SMILES string of the molecule is CCC[C@H](C)Oc1cc(-n2nc(C(C)OC(C)OCC)n(C)c2=O)c(F)cc1C(=O)Cc1ccccc1C. The largest absolute Gasteiger partial charge is 0.490 e. The number of hydrogen-bond donors (Lipinski definition) is 0. The molecule has 3 rings (SSSR count). The van der Waals surface area contributed by atoms with Crippen molar-refractivity contribution in [2.75, 3.05) is 6.61 Å². The molecule has 9 heteroatoms. The van der Waals surface area contributed by atoms with E-state index in [0.29, 0.717) is 12.4 Å². The highest BCUT2D eigenvalue weighted by Gasteiger charge is 2.25. The predicted octanol–water partition coefficient (Wildman–Crippen LogP) is 5.47. The number of rotatable bonds is 13. The van der Waals surface area contributed by atoms with E-state index in [1.165, 1.54) is 10.6 Å². The van der Waals surface area contributed by atoms with Gasteiger partial charge in [-0.3, -0.25) is 9.36 Å². The molecule has 0 bridgehead atoms. The van der Waals surface area contributed by atoms with E-state index in [9.17, 15) is 9.59 Å². The molecule has 3 aromatic rings. The molecule has 38 heavy (non-hydrogen) atoms. The summed E-state index contributed by atoms with van der Waals surface area (Å²) in [6, 6.07) is 10.1. The van der Waals surface area contributed by atoms with Crippen molar-refractivity contribution in [3.8, 4) is 11.4 Å². The molecule has 0 saturated heterocycles. The third-order valence-electron chi connectivity index (χ3n) is 6.39. The van der Waals surface area contributed by atoms with Crippen LogP contribution >= 0.6 is 0 Å². The lowest BCUT2D eigenvalue weighted by Crippen LogP contribution is -2.24. The van der Waals surface area contributed by atoms with Crippen molar-refractivity contribution < 1.29 is 23.4 Å². The quantitative estimate of drug-likeness (QED) is 0.216. The van der Waals surface area contributed by atoms with Crippen LogP contribution in [0.1, 0.15) is 80.9 Å². The smallest absolute Gasteiger partial charge is 0.350 e. The van der Waals surface area contributed by atoms with Crippen LogP contribution in [0, 0.1) is 12.7 Å². The second-order valence-electron chi connectivity index (χ2n) is 9.46. The Morgan fingerprint density at radius 3 is 2.50 bits per heavy atom. The van der Waals surface area contributed by atoms with Gasteiger partial charge >= 0.3 is 5.69 Å². The first-order chi connectivity index (χ1) is 18.1. The van der Waals surface area contributed by atoms with Crippen molar-refractivity contribution in [2.45, 2.75) is 79.3 Å². The van der Waals surface area contributed by atoms with Crippen molar-refractivity contribution in [3.05, 3.63) is 75.2 Å². The number of aromatic nitrogens is 3. The van der Waals surface area contributed by atoms with Gasteiger partial charge in [0.25, 0.3) is 0 Å². The summed E-state index contributed by atoms with van der Waals surface area (Å²) in [5.74, 6) is -0.502. The average Bonchev–Trinajstić information content (AvgIpc) is 3.15. The van der Waals surface area contributed by atoms with Crippen molar-refractivity contribution in [3.63, 3.8) is 0 Å². The second-order valence-corrected chi connectivity index (χ2v) is 9.46. The van der Waals surface area contributed by atoms with Crippen LogP contribution in [0.2, 0.25) is 0 Å². The Morgan fingerprint density at radius 2 is 1.84 bits per heavy atom. The van der Waals surface area contributed by atoms with Crippen LogP contribution in [0.4, 0.5) is 4.39 Å². The van der Waals surface area contributed by atoms with Crippen LogP contribution in [0.5, 0.6) is 5.75 Å². The predicted molar refractivity (Wildman–Crippen MR) is 144 cm³/mol. The van der Waals surface area contributed by atoms with Gasteiger partial charge in [-0.15, -0.1) is 5.10 Å². The third kappa shape index (κ3) is 6.76. The Morgan fingerprint density at radius 1 is 1.13 bits per heavy atom. The first-order valence-electron chi connectivity index (χ1n) is 13.1. The van der Waals surface area contributed by atoms with E-state index in [2.05, 4.69) is 5.10 Å². The highest BCUT2D eigenvalue weighted by molar-refractivity contribution is 6.00. The van der Waals surface area contributed by atoms with Gasteiger partial charge in [0.05, 0.1) is 11.7 Å². The monoisotopic (exact) mass is 527 g/mol. The molecule has 0 aliphatic heterocycles. The molecule has 0 radical (unpaired) electrons. The number of carbonyl (C=O) groups excluding carboxylic acids is 1. The van der Waals surface area contributed by atoms with Crippen LogP contribution in [-0.4, -0.2) is 39.1 Å². The van der Waals surface area contributed by atoms with Gasteiger partial charge in [0.15, 0.2) is 17.9 Å². The highest BCUT2D eigenvalue weighted by Crippen LogP contribution is 2.29. The van der Waals surface area contributed by atoms with Crippen LogP contribution in [0.25, 0.3) is 5.69 Å². The molecule has 0 aliphatic carbocycles. The van der Waals surface area contributed by atoms with E-state index >= 15 is 4.39 Å². The number of nitrogens with zero attached hydrogens (tertiary/aromatic N) is 3. The van der Waals surface area contributed by atoms with Crippen LogP contribution in [0.3, 0.4) is 0 Å². The Balaban J connectivity index is 2.04. The number of ketones is 1. The first-order valence-corrected chi connectivity index (χ1v) is 13.1. The number of hydrogen-bond acceptors (Lipinski definition) is 6. The van der Waals surface area contributed by atoms with Crippen molar-refractivity contribution >= 4 is 5.78 Å². The molecular weight excluding hydrogens is 489 g/mol. The molecule has 1 aromatic heterocycles. The Hall–Kier alpha value is -3.30. The molecular formula is C29H38FN3O5. The van der Waals surface area contributed by atoms with Gasteiger partial charge in [-0.1, -0.05) is 37.6 Å². The van der Waals surface area contributed by atoms with Crippen LogP contribution in [-0.2, 0) is 22.9 Å². The lowest BCUT2D eigenvalue weighted by atomic mass is 9.98. The average molecular weight is 528 g/mol. The van der Waals surface area contributed by atoms with Gasteiger partial charge in [-0.25, -0.2) is 9.18 Å². The minimum atomic E-state index is -0.753. The van der Waals surface area contributed by atoms with Gasteiger partial charge in [0.2, 0.25) is 0 Å². The lowest BCUT2D eigenvalue weighted by Gasteiger charge is -2.18. The number of aryl methyl sites for hydroxylation is 1. The van der Waals surface area contributed by atoms with E-state index in [1.807, 2.05) is 52.0 Å². The molecule has 3 atom stereocenters. The molecule has 0 amide bonds. The fourth-order valence-corrected chi connectivity index (χ4v) is 4.36. The number of Topliss-reactive ketones (excluding diaryl/α,β-unsaturated/α-hetero) is 1. The van der Waals surface area contributed by atoms with E-state index in [1.54, 1.807) is 20.9 Å². The summed E-state index contributed by atoms with van der Waals surface area (Å²) >= 11 is 0. The fourth-order valence-electron chi connectivity index (χ4n) is 4.36. The number of ether oxygens (including phenoxy) is 3. The molecule has 206 valence electrons. The van der Waals surface area contributed by atoms with Gasteiger partial charge in [-0.2, -0.15) is 4.68 Å². The molecule has 2 aromatic carbocycles. The van der Waals surface area contributed by atoms with Gasteiger partial charge < -0.3 is 14.2 Å². The minimum Gasteiger partial charge on any atom is -0.490 e. The molecule has 1 heterocycles. The normalized spacial score (nSPS) is 13.8. The summed E-state index contributed by atoms with van der Waals surface area (Å²) in [7, 11) is 1.55. The lowest BCUT2D eigenvalue weighted by molar-refractivity contribution is -0.156. The Kier molecular flexibility index (Phi) is 9.99. The zero-order chi connectivity index (χ0) is 28.0. The molecule has 2 unspecified atom stereocenters. The number of benzene rings is 2. The summed E-state index contributed by atoms with van der Waals surface area (Å²) in [6.07, 6.45) is 0.415. The standard InChI is InChI=1S/C29H38FN3O5/c1-8-12-19(4)37-27-17-25(24(30)16-23(27)26(34)15-22-14-11-10-13-18(22)3)33-29(35)32(7)28(31-33)20(5)38-21(6)36-9-2/h10-11,13-14,16-17,19-21H,8-9,12,15H2,1-7H3/t19-,20?,21?/m0/s1. The maximum absolute atomic E-state index is 15.5. The maximum atomic E-state index is 15.5. The zero-order valence-electron chi connectivity index (χ0n) is 23.3. The minimum absolute atomic E-state index is 0.102. The Bertz CT molecular complexity index is 1320. The summed E-state index contributed by atoms with van der Waals surface area (Å²) in [6.45, 7) is 11.7. The zero-order valence-corrected chi connectivity index (χ0v) is 23.3. The molecule has 0 aliphatic rings. The van der Waals surface area contributed by atoms with Crippen LogP contribution < -0.4 is 10.4 Å². The van der Waals surface area contributed by atoms with Gasteiger partial charge in [0.1, 0.15) is 23.4 Å². The molecule has 0 spiro atoms. The summed E-state index contributed by atoms with van der Waals surface area (Å²) < 4.78 is 35.2. The van der Waals surface area contributed by atoms with Crippen molar-refractivity contribution in [1.29, 1.82) is 0 Å². The molecule has 8 nitrogen and oxygen atoms in total. The molecule has 0 N–H and O–H groups in total. The Labute approximate surface area is 223 Å². The maximum Gasteiger partial charge on any atom is 0.350 e. The van der Waals surface area contributed by atoms with E-state index < -0.39 is 23.9 Å². The van der Waals surface area contributed by atoms with E-state index in [0.717, 1.165) is 34.7 Å². The summed E-state index contributed by atoms with van der Waals surface area (Å²) in [5.41, 5.74) is 1.31. The molecule has 0 fully saturated rings. The summed E-state index contributed by atoms with van der Waals surface area (Å²) in [4.78, 5) is 26.4. The van der Waals surface area contributed by atoms with Crippen molar-refractivity contribution in [2.24, 2.45) is 7.05 Å².